The number of aromatic nitrogens is 1. The number of carbonyl (C=O) groups is 1. The van der Waals surface area contributed by atoms with E-state index in [1.807, 2.05) is 0 Å². The van der Waals surface area contributed by atoms with Gasteiger partial charge in [-0.1, -0.05) is 0 Å². The maximum atomic E-state index is 14.0. The van der Waals surface area contributed by atoms with Crippen LogP contribution in [0.4, 0.5) is 13.2 Å². The van der Waals surface area contributed by atoms with Gasteiger partial charge in [-0.05, 0) is 22.0 Å². The fourth-order valence-electron chi connectivity index (χ4n) is 1.91. The first-order valence-electron chi connectivity index (χ1n) is 5.54. The Hall–Kier alpha value is -1.61. The molecule has 0 aliphatic carbocycles. The van der Waals surface area contributed by atoms with Crippen LogP contribution in [0.25, 0.3) is 11.3 Å². The van der Waals surface area contributed by atoms with Crippen molar-refractivity contribution in [3.05, 3.63) is 32.3 Å². The number of carboxylic acid groups (broad SMARTS) is 1. The molecule has 1 aliphatic rings. The molecule has 0 radical (unpaired) electrons. The van der Waals surface area contributed by atoms with E-state index in [0.29, 0.717) is 11.3 Å². The summed E-state index contributed by atoms with van der Waals surface area (Å²) >= 11 is 3.34. The number of thiazole rings is 1. The molecule has 1 aromatic heterocycles. The van der Waals surface area contributed by atoms with Crippen molar-refractivity contribution < 1.29 is 27.8 Å². The van der Waals surface area contributed by atoms with Crippen molar-refractivity contribution in [2.45, 2.75) is 5.92 Å². The first-order valence-corrected chi connectivity index (χ1v) is 7.15. The summed E-state index contributed by atoms with van der Waals surface area (Å²) in [7, 11) is 0. The van der Waals surface area contributed by atoms with Crippen LogP contribution in [0.2, 0.25) is 0 Å². The van der Waals surface area contributed by atoms with E-state index in [-0.39, 0.29) is 21.5 Å². The highest BCUT2D eigenvalue weighted by Gasteiger charge is 2.42. The molecule has 4 nitrogen and oxygen atoms in total. The lowest BCUT2D eigenvalue weighted by Gasteiger charge is -2.12. The van der Waals surface area contributed by atoms with Gasteiger partial charge in [-0.25, -0.2) is 14.2 Å². The van der Waals surface area contributed by atoms with Gasteiger partial charge < -0.3 is 9.84 Å². The second-order valence-electron chi connectivity index (χ2n) is 4.26. The number of fused-ring (bicyclic) bond motifs is 3. The number of rotatable bonds is 1. The Morgan fingerprint density at radius 3 is 2.86 bits per heavy atom. The number of hydrogen-bond acceptors (Lipinski definition) is 4. The molecule has 2 heterocycles. The van der Waals surface area contributed by atoms with Gasteiger partial charge >= 0.3 is 11.9 Å². The van der Waals surface area contributed by atoms with Crippen molar-refractivity contribution in [1.29, 1.82) is 0 Å². The van der Waals surface area contributed by atoms with Gasteiger partial charge in [0.15, 0.2) is 6.61 Å². The fraction of sp³-hybridized carbons (Fsp3) is 0.167. The highest BCUT2D eigenvalue weighted by Crippen LogP contribution is 2.46. The first kappa shape index (κ1) is 14.3. The minimum absolute atomic E-state index is 0.0471. The van der Waals surface area contributed by atoms with Gasteiger partial charge in [0.25, 0.3) is 0 Å². The van der Waals surface area contributed by atoms with Crippen LogP contribution in [0.1, 0.15) is 14.7 Å². The van der Waals surface area contributed by atoms with E-state index >= 15 is 0 Å². The zero-order chi connectivity index (χ0) is 15.4. The molecule has 110 valence electrons. The molecule has 0 fully saturated rings. The summed E-state index contributed by atoms with van der Waals surface area (Å²) in [5.41, 5.74) is -0.0743. The van der Waals surface area contributed by atoms with E-state index in [0.717, 1.165) is 6.07 Å². The third-order valence-electron chi connectivity index (χ3n) is 2.83. The van der Waals surface area contributed by atoms with E-state index in [1.54, 1.807) is 0 Å². The molecule has 0 saturated heterocycles. The SMILES string of the molecule is O=C(O)c1nc2c(s1)C(F)(F)COc1cc(F)c(Br)cc1-2. The summed E-state index contributed by atoms with van der Waals surface area (Å²) in [6.45, 7) is -1.00. The van der Waals surface area contributed by atoms with Crippen LogP contribution in [-0.4, -0.2) is 22.7 Å². The molecule has 0 atom stereocenters. The number of hydrogen-bond donors (Lipinski definition) is 1. The van der Waals surface area contributed by atoms with Crippen LogP contribution in [0.5, 0.6) is 5.75 Å². The third kappa shape index (κ3) is 2.30. The minimum atomic E-state index is -3.40. The summed E-state index contributed by atoms with van der Waals surface area (Å²) in [5, 5.41) is 8.47. The van der Waals surface area contributed by atoms with Gasteiger partial charge in [-0.2, -0.15) is 8.78 Å². The Morgan fingerprint density at radius 1 is 1.48 bits per heavy atom. The molecule has 0 saturated carbocycles. The van der Waals surface area contributed by atoms with Crippen molar-refractivity contribution in [2.24, 2.45) is 0 Å². The predicted octanol–water partition coefficient (Wildman–Crippen LogP) is 3.89. The van der Waals surface area contributed by atoms with Crippen molar-refractivity contribution >= 4 is 33.2 Å². The van der Waals surface area contributed by atoms with Gasteiger partial charge in [0.1, 0.15) is 16.4 Å². The number of benzene rings is 1. The molecule has 0 bridgehead atoms. The average Bonchev–Trinajstić information content (AvgIpc) is 2.82. The monoisotopic (exact) mass is 379 g/mol. The molecular weight excluding hydrogens is 375 g/mol. The largest absolute Gasteiger partial charge is 0.486 e. The van der Waals surface area contributed by atoms with Gasteiger partial charge in [-0.3, -0.25) is 0 Å². The van der Waals surface area contributed by atoms with Crippen molar-refractivity contribution in [3.8, 4) is 17.0 Å². The van der Waals surface area contributed by atoms with Crippen molar-refractivity contribution in [3.63, 3.8) is 0 Å². The second kappa shape index (κ2) is 4.70. The van der Waals surface area contributed by atoms with E-state index in [4.69, 9.17) is 9.84 Å². The summed E-state index contributed by atoms with van der Waals surface area (Å²) in [6, 6.07) is 2.21. The molecule has 1 aromatic carbocycles. The molecule has 2 aromatic rings. The number of ether oxygens (including phenoxy) is 1. The third-order valence-corrected chi connectivity index (χ3v) is 4.59. The number of nitrogens with zero attached hydrogens (tertiary/aromatic N) is 1. The topological polar surface area (TPSA) is 59.4 Å². The van der Waals surface area contributed by atoms with Crippen molar-refractivity contribution in [1.82, 2.24) is 4.98 Å². The minimum Gasteiger partial charge on any atom is -0.486 e. The van der Waals surface area contributed by atoms with E-state index < -0.39 is 34.2 Å². The Kier molecular flexibility index (Phi) is 3.21. The Bertz CT molecular complexity index is 762. The maximum Gasteiger partial charge on any atom is 0.365 e. The van der Waals surface area contributed by atoms with Crippen molar-refractivity contribution in [2.75, 3.05) is 6.61 Å². The fourth-order valence-corrected chi connectivity index (χ4v) is 3.13. The normalized spacial score (nSPS) is 15.6. The van der Waals surface area contributed by atoms with Gasteiger partial charge in [0.2, 0.25) is 5.01 Å². The zero-order valence-corrected chi connectivity index (χ0v) is 12.4. The number of halogens is 4. The molecule has 3 rings (SSSR count). The van der Waals surface area contributed by atoms with Crippen LogP contribution in [0.3, 0.4) is 0 Å². The highest BCUT2D eigenvalue weighted by atomic mass is 79.9. The summed E-state index contributed by atoms with van der Waals surface area (Å²) < 4.78 is 46.6. The summed E-state index contributed by atoms with van der Waals surface area (Å²) in [6.07, 6.45) is 0. The van der Waals surface area contributed by atoms with Crippen LogP contribution in [0, 0.1) is 5.82 Å². The van der Waals surface area contributed by atoms with E-state index in [2.05, 4.69) is 20.9 Å². The van der Waals surface area contributed by atoms with Crippen LogP contribution >= 0.6 is 27.3 Å². The first-order chi connectivity index (χ1) is 9.79. The van der Waals surface area contributed by atoms with Gasteiger partial charge in [0, 0.05) is 11.6 Å². The van der Waals surface area contributed by atoms with Crippen LogP contribution in [-0.2, 0) is 5.92 Å². The van der Waals surface area contributed by atoms with Gasteiger partial charge in [-0.15, -0.1) is 11.3 Å². The Labute approximate surface area is 128 Å². The average molecular weight is 380 g/mol. The molecule has 0 unspecified atom stereocenters. The molecule has 0 amide bonds. The predicted molar refractivity (Wildman–Crippen MR) is 71.6 cm³/mol. The maximum absolute atomic E-state index is 14.0. The second-order valence-corrected chi connectivity index (χ2v) is 6.11. The molecule has 1 aliphatic heterocycles. The number of carboxylic acids is 1. The quantitative estimate of drug-likeness (QED) is 0.816. The van der Waals surface area contributed by atoms with E-state index in [1.165, 1.54) is 6.07 Å². The number of alkyl halides is 2. The summed E-state index contributed by atoms with van der Waals surface area (Å²) in [5.74, 6) is -5.57. The molecular formula is C12H5BrF3NO3S. The van der Waals surface area contributed by atoms with Crippen LogP contribution in [0.15, 0.2) is 16.6 Å². The number of aromatic carboxylic acids is 1. The lowest BCUT2D eigenvalue weighted by Crippen LogP contribution is -2.20. The van der Waals surface area contributed by atoms with Gasteiger partial charge in [0.05, 0.1) is 10.2 Å². The molecule has 0 spiro atoms. The Balaban J connectivity index is 2.31. The smallest absolute Gasteiger partial charge is 0.365 e. The molecule has 9 heteroatoms. The molecule has 1 N–H and O–H groups in total. The standard InChI is InChI=1S/C12H5BrF3NO3S/c13-5-1-4-7(2-6(5)14)20-3-12(15,16)9-8(4)17-10(21-9)11(18)19/h1-2H,3H2,(H,18,19). The summed E-state index contributed by atoms with van der Waals surface area (Å²) in [4.78, 5) is 14.2. The lowest BCUT2D eigenvalue weighted by molar-refractivity contribution is -0.0413. The van der Waals surface area contributed by atoms with E-state index in [9.17, 15) is 18.0 Å². The zero-order valence-electron chi connectivity index (χ0n) is 9.99. The van der Waals surface area contributed by atoms with Crippen LogP contribution < -0.4 is 4.74 Å². The Morgan fingerprint density at radius 2 is 2.19 bits per heavy atom. The molecule has 21 heavy (non-hydrogen) atoms. The highest BCUT2D eigenvalue weighted by molar-refractivity contribution is 9.10. The lowest BCUT2D eigenvalue weighted by atomic mass is 10.1.